The number of anilines is 1. The van der Waals surface area contributed by atoms with Gasteiger partial charge in [0.25, 0.3) is 6.43 Å². The van der Waals surface area contributed by atoms with Gasteiger partial charge in [-0.2, -0.15) is 0 Å². The SMILES string of the molecule is Nc1nc(C=O)c(C(F)F)cc1Cl. The van der Waals surface area contributed by atoms with E-state index in [4.69, 9.17) is 17.3 Å². The maximum atomic E-state index is 12.2. The van der Waals surface area contributed by atoms with Crippen LogP contribution < -0.4 is 5.73 Å². The van der Waals surface area contributed by atoms with E-state index in [1.165, 1.54) is 0 Å². The Hall–Kier alpha value is -1.23. The molecule has 0 aliphatic rings. The fourth-order valence-electron chi connectivity index (χ4n) is 0.801. The maximum Gasteiger partial charge on any atom is 0.266 e. The molecule has 1 heterocycles. The fourth-order valence-corrected chi connectivity index (χ4v) is 0.961. The summed E-state index contributed by atoms with van der Waals surface area (Å²) in [7, 11) is 0. The highest BCUT2D eigenvalue weighted by molar-refractivity contribution is 6.32. The number of aromatic nitrogens is 1. The molecule has 1 aromatic heterocycles. The lowest BCUT2D eigenvalue weighted by Gasteiger charge is -2.04. The summed E-state index contributed by atoms with van der Waals surface area (Å²) in [6.07, 6.45) is -2.57. The van der Waals surface area contributed by atoms with Gasteiger partial charge in [-0.25, -0.2) is 13.8 Å². The Morgan fingerprint density at radius 3 is 2.69 bits per heavy atom. The average molecular weight is 207 g/mol. The Labute approximate surface area is 77.5 Å². The Morgan fingerprint density at radius 1 is 1.62 bits per heavy atom. The Morgan fingerprint density at radius 2 is 2.23 bits per heavy atom. The van der Waals surface area contributed by atoms with Gasteiger partial charge < -0.3 is 5.73 Å². The van der Waals surface area contributed by atoms with Crippen LogP contribution in [0.5, 0.6) is 0 Å². The third-order valence-corrected chi connectivity index (χ3v) is 1.71. The standard InChI is InChI=1S/C7H5ClF2N2O/c8-4-1-3(6(9)10)5(2-13)12-7(4)11/h1-2,6H,(H2,11,12). The number of aldehydes is 1. The molecular weight excluding hydrogens is 202 g/mol. The Kier molecular flexibility index (Phi) is 2.77. The predicted octanol–water partition coefficient (Wildman–Crippen LogP) is 2.07. The lowest BCUT2D eigenvalue weighted by molar-refractivity contribution is 0.110. The van der Waals surface area contributed by atoms with Crippen LogP contribution in [-0.2, 0) is 0 Å². The first kappa shape index (κ1) is 9.85. The third kappa shape index (κ3) is 1.92. The van der Waals surface area contributed by atoms with Gasteiger partial charge in [0.1, 0.15) is 11.5 Å². The van der Waals surface area contributed by atoms with Crippen molar-refractivity contribution in [2.45, 2.75) is 6.43 Å². The van der Waals surface area contributed by atoms with Crippen molar-refractivity contribution in [1.29, 1.82) is 0 Å². The van der Waals surface area contributed by atoms with Gasteiger partial charge in [0.15, 0.2) is 6.29 Å². The Balaban J connectivity index is 3.32. The van der Waals surface area contributed by atoms with Crippen molar-refractivity contribution in [1.82, 2.24) is 4.98 Å². The smallest absolute Gasteiger partial charge is 0.266 e. The minimum atomic E-state index is -2.79. The summed E-state index contributed by atoms with van der Waals surface area (Å²) in [4.78, 5) is 13.7. The van der Waals surface area contributed by atoms with E-state index < -0.39 is 12.0 Å². The predicted molar refractivity (Wildman–Crippen MR) is 44.0 cm³/mol. The van der Waals surface area contributed by atoms with Crippen LogP contribution in [0.1, 0.15) is 22.5 Å². The molecule has 6 heteroatoms. The van der Waals surface area contributed by atoms with E-state index >= 15 is 0 Å². The number of alkyl halides is 2. The second-order valence-electron chi connectivity index (χ2n) is 2.25. The van der Waals surface area contributed by atoms with Crippen LogP contribution in [0.15, 0.2) is 6.07 Å². The zero-order valence-corrected chi connectivity index (χ0v) is 7.05. The van der Waals surface area contributed by atoms with Crippen molar-refractivity contribution in [2.24, 2.45) is 0 Å². The molecule has 0 aromatic carbocycles. The molecule has 70 valence electrons. The second-order valence-corrected chi connectivity index (χ2v) is 2.66. The van der Waals surface area contributed by atoms with Crippen molar-refractivity contribution in [3.05, 3.63) is 22.3 Å². The number of nitrogens with two attached hydrogens (primary N) is 1. The van der Waals surface area contributed by atoms with Crippen LogP contribution in [0.25, 0.3) is 0 Å². The molecule has 1 aromatic rings. The quantitative estimate of drug-likeness (QED) is 0.754. The molecule has 0 fully saturated rings. The first-order valence-corrected chi connectivity index (χ1v) is 3.63. The second kappa shape index (κ2) is 3.66. The van der Waals surface area contributed by atoms with E-state index in [1.807, 2.05) is 0 Å². The van der Waals surface area contributed by atoms with E-state index in [1.54, 1.807) is 0 Å². The molecule has 0 atom stereocenters. The molecule has 3 nitrogen and oxygen atoms in total. The highest BCUT2D eigenvalue weighted by atomic mass is 35.5. The molecule has 0 unspecified atom stereocenters. The maximum absolute atomic E-state index is 12.2. The zero-order chi connectivity index (χ0) is 10.0. The largest absolute Gasteiger partial charge is 0.382 e. The number of hydrogen-bond donors (Lipinski definition) is 1. The number of hydrogen-bond acceptors (Lipinski definition) is 3. The molecule has 0 aliphatic heterocycles. The van der Waals surface area contributed by atoms with Gasteiger partial charge in [-0.1, -0.05) is 11.6 Å². The molecule has 0 saturated carbocycles. The first-order chi connectivity index (χ1) is 6.06. The highest BCUT2D eigenvalue weighted by Crippen LogP contribution is 2.26. The molecule has 0 spiro atoms. The van der Waals surface area contributed by atoms with Gasteiger partial charge in [-0.05, 0) is 6.07 Å². The van der Waals surface area contributed by atoms with Gasteiger partial charge >= 0.3 is 0 Å². The number of nitrogens with zero attached hydrogens (tertiary/aromatic N) is 1. The van der Waals surface area contributed by atoms with Gasteiger partial charge in [0.05, 0.1) is 5.02 Å². The van der Waals surface area contributed by atoms with Crippen molar-refractivity contribution < 1.29 is 13.6 Å². The molecule has 13 heavy (non-hydrogen) atoms. The van der Waals surface area contributed by atoms with Gasteiger partial charge in [-0.15, -0.1) is 0 Å². The monoisotopic (exact) mass is 206 g/mol. The summed E-state index contributed by atoms with van der Waals surface area (Å²) in [5.74, 6) is -0.131. The van der Waals surface area contributed by atoms with E-state index in [0.29, 0.717) is 0 Å². The molecule has 0 aliphatic carbocycles. The van der Waals surface area contributed by atoms with Crippen molar-refractivity contribution >= 4 is 23.7 Å². The fraction of sp³-hybridized carbons (Fsp3) is 0.143. The number of pyridine rings is 1. The van der Waals surface area contributed by atoms with Crippen LogP contribution in [0.4, 0.5) is 14.6 Å². The molecule has 0 radical (unpaired) electrons. The van der Waals surface area contributed by atoms with Crippen molar-refractivity contribution in [3.63, 3.8) is 0 Å². The number of halogens is 3. The minimum absolute atomic E-state index is 0.0825. The van der Waals surface area contributed by atoms with Gasteiger partial charge in [0.2, 0.25) is 0 Å². The van der Waals surface area contributed by atoms with Crippen LogP contribution in [0, 0.1) is 0 Å². The average Bonchev–Trinajstić information content (AvgIpc) is 2.08. The summed E-state index contributed by atoms with van der Waals surface area (Å²) < 4.78 is 24.5. The van der Waals surface area contributed by atoms with Crippen molar-refractivity contribution in [3.8, 4) is 0 Å². The molecular formula is C7H5ClF2N2O. The highest BCUT2D eigenvalue weighted by Gasteiger charge is 2.16. The summed E-state index contributed by atoms with van der Waals surface area (Å²) in [5.41, 5.74) is 4.34. The molecule has 2 N–H and O–H groups in total. The van der Waals surface area contributed by atoms with E-state index in [-0.39, 0.29) is 22.8 Å². The number of carbonyl (C=O) groups excluding carboxylic acids is 1. The lowest BCUT2D eigenvalue weighted by atomic mass is 10.2. The van der Waals surface area contributed by atoms with E-state index in [0.717, 1.165) is 6.07 Å². The van der Waals surface area contributed by atoms with Crippen molar-refractivity contribution in [2.75, 3.05) is 5.73 Å². The Bertz CT molecular complexity index is 344. The zero-order valence-electron chi connectivity index (χ0n) is 6.30. The number of rotatable bonds is 2. The van der Waals surface area contributed by atoms with Crippen LogP contribution in [-0.4, -0.2) is 11.3 Å². The summed E-state index contributed by atoms with van der Waals surface area (Å²) in [6, 6.07) is 0.943. The first-order valence-electron chi connectivity index (χ1n) is 3.25. The van der Waals surface area contributed by atoms with Gasteiger partial charge in [0, 0.05) is 5.56 Å². The van der Waals surface area contributed by atoms with Crippen LogP contribution in [0.3, 0.4) is 0 Å². The minimum Gasteiger partial charge on any atom is -0.382 e. The third-order valence-electron chi connectivity index (χ3n) is 1.41. The molecule has 0 amide bonds. The van der Waals surface area contributed by atoms with Gasteiger partial charge in [-0.3, -0.25) is 4.79 Å². The molecule has 0 bridgehead atoms. The molecule has 1 rings (SSSR count). The van der Waals surface area contributed by atoms with E-state index in [9.17, 15) is 13.6 Å². The lowest BCUT2D eigenvalue weighted by Crippen LogP contribution is -2.01. The normalized spacial score (nSPS) is 10.5. The van der Waals surface area contributed by atoms with E-state index in [2.05, 4.69) is 4.98 Å². The number of nitrogen functional groups attached to an aromatic ring is 1. The topological polar surface area (TPSA) is 56.0 Å². The van der Waals surface area contributed by atoms with Crippen LogP contribution >= 0.6 is 11.6 Å². The summed E-state index contributed by atoms with van der Waals surface area (Å²) >= 11 is 5.45. The summed E-state index contributed by atoms with van der Waals surface area (Å²) in [6.45, 7) is 0. The summed E-state index contributed by atoms with van der Waals surface area (Å²) in [5, 5.41) is -0.0825. The number of carbonyl (C=O) groups is 1. The van der Waals surface area contributed by atoms with Crippen LogP contribution in [0.2, 0.25) is 5.02 Å². The molecule has 0 saturated heterocycles.